The molecule has 5 nitrogen and oxygen atoms in total. The van der Waals surface area contributed by atoms with Gasteiger partial charge in [-0.25, -0.2) is 0 Å². The number of likely N-dealkylation sites (tertiary alicyclic amines) is 1. The van der Waals surface area contributed by atoms with E-state index in [2.05, 4.69) is 18.7 Å². The molecule has 0 aliphatic carbocycles. The van der Waals surface area contributed by atoms with Crippen LogP contribution in [0.2, 0.25) is 10.0 Å². The van der Waals surface area contributed by atoms with Crippen LogP contribution in [0.1, 0.15) is 35.3 Å². The van der Waals surface area contributed by atoms with E-state index in [0.717, 1.165) is 36.5 Å². The van der Waals surface area contributed by atoms with Gasteiger partial charge < -0.3 is 14.5 Å². The Bertz CT molecular complexity index is 1280. The van der Waals surface area contributed by atoms with Crippen molar-refractivity contribution in [1.82, 2.24) is 9.80 Å². The molecular weight excluding hydrogens is 531 g/mol. The Morgan fingerprint density at radius 1 is 0.821 bits per heavy atom. The van der Waals surface area contributed by atoms with Gasteiger partial charge in [-0.3, -0.25) is 9.59 Å². The fourth-order valence-electron chi connectivity index (χ4n) is 4.41. The maximum atomic E-state index is 13.6. The van der Waals surface area contributed by atoms with Crippen LogP contribution in [0.15, 0.2) is 83.9 Å². The molecule has 0 spiro atoms. The van der Waals surface area contributed by atoms with Crippen molar-refractivity contribution in [3.8, 4) is 5.75 Å². The van der Waals surface area contributed by atoms with Crippen LogP contribution in [0.25, 0.3) is 12.2 Å². The molecule has 0 saturated carbocycles. The fourth-order valence-corrected chi connectivity index (χ4v) is 4.66. The topological polar surface area (TPSA) is 49.9 Å². The summed E-state index contributed by atoms with van der Waals surface area (Å²) >= 11 is 12.1. The standard InChI is InChI=1S/C32H32Cl2N2O3/c1-3-35(4-2)17-18-39-30-15-9-25(10-16-30)32(38)36-21-26(19-23-5-11-28(33)12-6-23)31(37)27(22-36)20-24-7-13-29(34)14-8-24/h5-16,19-20H,3-4,17-18,21-22H2,1-2H3/b26-19+,27-20+. The summed E-state index contributed by atoms with van der Waals surface area (Å²) in [6.07, 6.45) is 3.64. The van der Waals surface area contributed by atoms with Crippen molar-refractivity contribution in [1.29, 1.82) is 0 Å². The Labute approximate surface area is 240 Å². The normalized spacial score (nSPS) is 15.8. The van der Waals surface area contributed by atoms with Gasteiger partial charge in [-0.2, -0.15) is 0 Å². The predicted octanol–water partition coefficient (Wildman–Crippen LogP) is 6.91. The van der Waals surface area contributed by atoms with Crippen LogP contribution in [0.4, 0.5) is 0 Å². The van der Waals surface area contributed by atoms with E-state index in [-0.39, 0.29) is 24.8 Å². The summed E-state index contributed by atoms with van der Waals surface area (Å²) in [6, 6.07) is 21.7. The first-order chi connectivity index (χ1) is 18.9. The van der Waals surface area contributed by atoms with E-state index < -0.39 is 0 Å². The maximum Gasteiger partial charge on any atom is 0.254 e. The lowest BCUT2D eigenvalue weighted by atomic mass is 9.93. The molecule has 1 saturated heterocycles. The highest BCUT2D eigenvalue weighted by Gasteiger charge is 2.29. The number of hydrogen-bond acceptors (Lipinski definition) is 4. The first kappa shape index (κ1) is 28.6. The van der Waals surface area contributed by atoms with E-state index in [1.165, 1.54) is 0 Å². The third kappa shape index (κ3) is 7.82. The summed E-state index contributed by atoms with van der Waals surface area (Å²) in [5.41, 5.74) is 3.29. The van der Waals surface area contributed by atoms with Gasteiger partial charge >= 0.3 is 0 Å². The van der Waals surface area contributed by atoms with E-state index >= 15 is 0 Å². The van der Waals surface area contributed by atoms with Gasteiger partial charge in [0.2, 0.25) is 0 Å². The number of ketones is 1. The second-order valence-electron chi connectivity index (χ2n) is 9.33. The monoisotopic (exact) mass is 562 g/mol. The number of rotatable bonds is 9. The molecule has 3 aromatic carbocycles. The minimum Gasteiger partial charge on any atom is -0.492 e. The number of hydrogen-bond donors (Lipinski definition) is 0. The maximum absolute atomic E-state index is 13.6. The van der Waals surface area contributed by atoms with Crippen molar-refractivity contribution in [3.63, 3.8) is 0 Å². The fraction of sp³-hybridized carbons (Fsp3) is 0.250. The molecule has 0 bridgehead atoms. The lowest BCUT2D eigenvalue weighted by Gasteiger charge is -2.30. The van der Waals surface area contributed by atoms with Crippen LogP contribution >= 0.6 is 23.2 Å². The molecular formula is C32H32Cl2N2O3. The summed E-state index contributed by atoms with van der Waals surface area (Å²) < 4.78 is 5.87. The molecule has 1 aliphatic rings. The van der Waals surface area contributed by atoms with Crippen molar-refractivity contribution in [3.05, 3.63) is 111 Å². The van der Waals surface area contributed by atoms with Crippen molar-refractivity contribution >= 4 is 47.0 Å². The van der Waals surface area contributed by atoms with Crippen molar-refractivity contribution in [2.24, 2.45) is 0 Å². The number of ether oxygens (including phenoxy) is 1. The number of benzene rings is 3. The molecule has 0 unspecified atom stereocenters. The summed E-state index contributed by atoms with van der Waals surface area (Å²) in [5.74, 6) is 0.487. The molecule has 1 amide bonds. The quantitative estimate of drug-likeness (QED) is 0.266. The molecule has 0 aromatic heterocycles. The summed E-state index contributed by atoms with van der Waals surface area (Å²) in [7, 11) is 0. The number of amides is 1. The molecule has 0 N–H and O–H groups in total. The van der Waals surface area contributed by atoms with Gasteiger partial charge in [-0.1, -0.05) is 61.3 Å². The molecule has 3 aromatic rings. The third-order valence-electron chi connectivity index (χ3n) is 6.69. The third-order valence-corrected chi connectivity index (χ3v) is 7.19. The smallest absolute Gasteiger partial charge is 0.254 e. The molecule has 39 heavy (non-hydrogen) atoms. The second kappa shape index (κ2) is 13.6. The van der Waals surface area contributed by atoms with Crippen LogP contribution < -0.4 is 4.74 Å². The zero-order valence-electron chi connectivity index (χ0n) is 22.2. The van der Waals surface area contributed by atoms with Gasteiger partial charge in [0.05, 0.1) is 13.1 Å². The summed E-state index contributed by atoms with van der Waals surface area (Å²) in [6.45, 7) is 8.07. The van der Waals surface area contributed by atoms with Gasteiger partial charge in [0, 0.05) is 33.3 Å². The van der Waals surface area contributed by atoms with E-state index in [0.29, 0.717) is 33.4 Å². The number of piperidine rings is 1. The average Bonchev–Trinajstić information content (AvgIpc) is 2.95. The highest BCUT2D eigenvalue weighted by Crippen LogP contribution is 2.25. The van der Waals surface area contributed by atoms with Gasteiger partial charge in [-0.05, 0) is 84.9 Å². The zero-order valence-corrected chi connectivity index (χ0v) is 23.7. The lowest BCUT2D eigenvalue weighted by molar-refractivity contribution is -0.113. The minimum absolute atomic E-state index is 0.0825. The van der Waals surface area contributed by atoms with E-state index in [9.17, 15) is 9.59 Å². The van der Waals surface area contributed by atoms with Crippen molar-refractivity contribution in [2.45, 2.75) is 13.8 Å². The lowest BCUT2D eigenvalue weighted by Crippen LogP contribution is -2.41. The number of halogens is 2. The summed E-state index contributed by atoms with van der Waals surface area (Å²) in [4.78, 5) is 31.0. The summed E-state index contributed by atoms with van der Waals surface area (Å²) in [5, 5.41) is 1.24. The van der Waals surface area contributed by atoms with Crippen LogP contribution in [0, 0.1) is 0 Å². The molecule has 1 fully saturated rings. The molecule has 1 aliphatic heterocycles. The Hall–Kier alpha value is -3.38. The minimum atomic E-state index is -0.152. The number of carbonyl (C=O) groups is 2. The first-order valence-corrected chi connectivity index (χ1v) is 13.8. The van der Waals surface area contributed by atoms with Gasteiger partial charge in [0.1, 0.15) is 12.4 Å². The van der Waals surface area contributed by atoms with Crippen LogP contribution in [0.3, 0.4) is 0 Å². The molecule has 7 heteroatoms. The zero-order chi connectivity index (χ0) is 27.8. The van der Waals surface area contributed by atoms with E-state index in [1.54, 1.807) is 41.3 Å². The van der Waals surface area contributed by atoms with E-state index in [4.69, 9.17) is 27.9 Å². The van der Waals surface area contributed by atoms with Gasteiger partial charge in [0.25, 0.3) is 5.91 Å². The highest BCUT2D eigenvalue weighted by molar-refractivity contribution is 6.31. The SMILES string of the molecule is CCN(CC)CCOc1ccc(C(=O)N2C/C(=C\c3ccc(Cl)cc3)C(=O)/C(=C/c3ccc(Cl)cc3)C2)cc1. The molecule has 4 rings (SSSR count). The highest BCUT2D eigenvalue weighted by atomic mass is 35.5. The second-order valence-corrected chi connectivity index (χ2v) is 10.2. The Morgan fingerprint density at radius 2 is 1.31 bits per heavy atom. The average molecular weight is 564 g/mol. The Kier molecular flexibility index (Phi) is 9.99. The van der Waals surface area contributed by atoms with Gasteiger partial charge in [-0.15, -0.1) is 0 Å². The van der Waals surface area contributed by atoms with Gasteiger partial charge in [0.15, 0.2) is 5.78 Å². The number of Topliss-reactive ketones (excluding diaryl/α,β-unsaturated/α-hetero) is 1. The van der Waals surface area contributed by atoms with Crippen LogP contribution in [0.5, 0.6) is 5.75 Å². The van der Waals surface area contributed by atoms with Crippen molar-refractivity contribution in [2.75, 3.05) is 39.3 Å². The molecule has 0 radical (unpaired) electrons. The molecule has 0 atom stereocenters. The first-order valence-electron chi connectivity index (χ1n) is 13.1. The largest absolute Gasteiger partial charge is 0.492 e. The Morgan fingerprint density at radius 3 is 1.77 bits per heavy atom. The number of carbonyl (C=O) groups excluding carboxylic acids is 2. The molecule has 1 heterocycles. The van der Waals surface area contributed by atoms with E-state index in [1.807, 2.05) is 48.6 Å². The number of likely N-dealkylation sites (N-methyl/N-ethyl adjacent to an activating group) is 1. The predicted molar refractivity (Wildman–Crippen MR) is 159 cm³/mol. The Balaban J connectivity index is 1.55. The number of nitrogens with zero attached hydrogens (tertiary/aromatic N) is 2. The van der Waals surface area contributed by atoms with Crippen LogP contribution in [-0.4, -0.2) is 60.8 Å². The van der Waals surface area contributed by atoms with Crippen molar-refractivity contribution < 1.29 is 14.3 Å². The molecule has 202 valence electrons. The van der Waals surface area contributed by atoms with Crippen LogP contribution in [-0.2, 0) is 4.79 Å².